The van der Waals surface area contributed by atoms with Crippen molar-refractivity contribution in [3.63, 3.8) is 0 Å². The van der Waals surface area contributed by atoms with Gasteiger partial charge in [-0.2, -0.15) is 0 Å². The lowest BCUT2D eigenvalue weighted by molar-refractivity contribution is 0.372. The molecule has 26 heavy (non-hydrogen) atoms. The van der Waals surface area contributed by atoms with Crippen molar-refractivity contribution in [3.8, 4) is 5.75 Å². The predicted octanol–water partition coefficient (Wildman–Crippen LogP) is 5.28. The van der Waals surface area contributed by atoms with Crippen LogP contribution in [-0.4, -0.2) is 23.6 Å². The molecule has 0 saturated heterocycles. The van der Waals surface area contributed by atoms with Crippen molar-refractivity contribution in [2.45, 2.75) is 25.4 Å². The van der Waals surface area contributed by atoms with Crippen LogP contribution in [-0.2, 0) is 13.0 Å². The third kappa shape index (κ3) is 2.27. The molecule has 132 valence electrons. The molecular weight excluding hydrogens is 344 g/mol. The number of benzene rings is 2. The summed E-state index contributed by atoms with van der Waals surface area (Å²) in [6.07, 6.45) is 4.42. The van der Waals surface area contributed by atoms with Crippen LogP contribution in [0.1, 0.15) is 29.3 Å². The van der Waals surface area contributed by atoms with Crippen LogP contribution in [0.4, 0.5) is 0 Å². The summed E-state index contributed by atoms with van der Waals surface area (Å²) in [5, 5.41) is 2.12. The summed E-state index contributed by atoms with van der Waals surface area (Å²) in [6.45, 7) is 0.966. The van der Waals surface area contributed by atoms with Crippen molar-refractivity contribution in [3.05, 3.63) is 70.5 Å². The number of ether oxygens (including phenoxy) is 1. The summed E-state index contributed by atoms with van der Waals surface area (Å²) >= 11 is 6.32. The van der Waals surface area contributed by atoms with E-state index < -0.39 is 0 Å². The fraction of sp³-hybridized carbons (Fsp3) is 0.273. The van der Waals surface area contributed by atoms with E-state index in [-0.39, 0.29) is 0 Å². The zero-order valence-corrected chi connectivity index (χ0v) is 15.8. The topological polar surface area (TPSA) is 17.4 Å². The van der Waals surface area contributed by atoms with Gasteiger partial charge in [-0.1, -0.05) is 23.7 Å². The lowest BCUT2D eigenvalue weighted by Gasteiger charge is -2.21. The molecule has 1 aliphatic carbocycles. The summed E-state index contributed by atoms with van der Waals surface area (Å²) < 4.78 is 7.75. The minimum absolute atomic E-state index is 0.461. The molecule has 1 atom stereocenters. The number of hydrogen-bond acceptors (Lipinski definition) is 2. The molecule has 2 aromatic carbocycles. The van der Waals surface area contributed by atoms with Gasteiger partial charge in [0.05, 0.1) is 18.8 Å². The van der Waals surface area contributed by atoms with Gasteiger partial charge < -0.3 is 14.2 Å². The number of aromatic nitrogens is 1. The summed E-state index contributed by atoms with van der Waals surface area (Å²) in [5.41, 5.74) is 6.94. The average Bonchev–Trinajstić information content (AvgIpc) is 3.29. The van der Waals surface area contributed by atoms with Crippen molar-refractivity contribution in [2.75, 3.05) is 14.2 Å². The molecule has 4 heteroatoms. The Bertz CT molecular complexity index is 1030. The Morgan fingerprint density at radius 1 is 1.15 bits per heavy atom. The average molecular weight is 365 g/mol. The summed E-state index contributed by atoms with van der Waals surface area (Å²) in [5.74, 6) is 0.904. The van der Waals surface area contributed by atoms with Gasteiger partial charge in [0.15, 0.2) is 0 Å². The van der Waals surface area contributed by atoms with E-state index in [1.165, 1.54) is 33.3 Å². The number of rotatable bonds is 4. The minimum atomic E-state index is 0.461. The van der Waals surface area contributed by atoms with Crippen LogP contribution in [0.2, 0.25) is 5.02 Å². The van der Waals surface area contributed by atoms with Crippen LogP contribution in [0.5, 0.6) is 5.75 Å². The standard InChI is InChI=1S/C22H21ClN2O/c1-24-13-15-11-20(24)21-18-12-16(23)5-8-19(18)25(22(15)21)10-9-14-3-6-17(26-2)7-4-14/h3-8,12-13,20H,9-11H2,1-2H3. The monoisotopic (exact) mass is 364 g/mol. The van der Waals surface area contributed by atoms with Crippen molar-refractivity contribution < 1.29 is 4.74 Å². The normalized spacial score (nSPS) is 17.7. The van der Waals surface area contributed by atoms with Crippen LogP contribution in [0.15, 0.2) is 48.7 Å². The molecule has 2 aliphatic rings. The van der Waals surface area contributed by atoms with Crippen LogP contribution < -0.4 is 4.74 Å². The molecule has 0 N–H and O–H groups in total. The maximum atomic E-state index is 6.32. The maximum Gasteiger partial charge on any atom is 0.118 e. The Balaban J connectivity index is 1.56. The van der Waals surface area contributed by atoms with Gasteiger partial charge >= 0.3 is 0 Å². The molecule has 0 radical (unpaired) electrons. The number of halogens is 1. The molecule has 0 spiro atoms. The second kappa shape index (κ2) is 5.82. The molecule has 1 aromatic heterocycles. The van der Waals surface area contributed by atoms with Gasteiger partial charge in [-0.15, -0.1) is 0 Å². The molecule has 3 aromatic rings. The van der Waals surface area contributed by atoms with E-state index >= 15 is 0 Å². The first kappa shape index (κ1) is 15.8. The number of hydrogen-bond donors (Lipinski definition) is 0. The van der Waals surface area contributed by atoms with Gasteiger partial charge in [0.25, 0.3) is 0 Å². The van der Waals surface area contributed by atoms with Crippen molar-refractivity contribution in [2.24, 2.45) is 0 Å². The van der Waals surface area contributed by atoms with Crippen LogP contribution in [0.25, 0.3) is 16.5 Å². The van der Waals surface area contributed by atoms with Crippen LogP contribution in [0.3, 0.4) is 0 Å². The van der Waals surface area contributed by atoms with E-state index in [1.807, 2.05) is 18.2 Å². The Kier molecular flexibility index (Phi) is 3.54. The Labute approximate surface area is 158 Å². The number of aryl methyl sites for hydroxylation is 2. The molecular formula is C22H21ClN2O. The zero-order chi connectivity index (χ0) is 17.8. The van der Waals surface area contributed by atoms with E-state index in [0.29, 0.717) is 6.04 Å². The quantitative estimate of drug-likeness (QED) is 0.626. The number of methoxy groups -OCH3 is 1. The molecule has 2 heterocycles. The number of fused-ring (bicyclic) bond motifs is 7. The highest BCUT2D eigenvalue weighted by Gasteiger charge is 2.39. The Hall–Kier alpha value is -2.39. The first-order valence-corrected chi connectivity index (χ1v) is 9.41. The maximum absolute atomic E-state index is 6.32. The smallest absolute Gasteiger partial charge is 0.118 e. The predicted molar refractivity (Wildman–Crippen MR) is 107 cm³/mol. The van der Waals surface area contributed by atoms with Crippen molar-refractivity contribution in [1.82, 2.24) is 9.47 Å². The van der Waals surface area contributed by atoms with Gasteiger partial charge in [0.1, 0.15) is 5.75 Å². The first-order chi connectivity index (χ1) is 12.7. The summed E-state index contributed by atoms with van der Waals surface area (Å²) in [4.78, 5) is 2.34. The molecule has 0 amide bonds. The summed E-state index contributed by atoms with van der Waals surface area (Å²) in [6, 6.07) is 15.1. The summed E-state index contributed by atoms with van der Waals surface area (Å²) in [7, 11) is 3.88. The third-order valence-corrected chi connectivity index (χ3v) is 5.98. The van der Waals surface area contributed by atoms with Gasteiger partial charge in [-0.3, -0.25) is 0 Å². The van der Waals surface area contributed by atoms with E-state index in [2.05, 4.69) is 47.0 Å². The minimum Gasteiger partial charge on any atom is -0.497 e. The number of nitrogens with zero attached hydrogens (tertiary/aromatic N) is 2. The lowest BCUT2D eigenvalue weighted by Crippen LogP contribution is -2.15. The van der Waals surface area contributed by atoms with Gasteiger partial charge in [0, 0.05) is 47.7 Å². The van der Waals surface area contributed by atoms with E-state index in [0.717, 1.165) is 30.2 Å². The highest BCUT2D eigenvalue weighted by atomic mass is 35.5. The fourth-order valence-corrected chi connectivity index (χ4v) is 4.68. The molecule has 0 fully saturated rings. The molecule has 3 nitrogen and oxygen atoms in total. The molecule has 1 aliphatic heterocycles. The zero-order valence-electron chi connectivity index (χ0n) is 15.0. The van der Waals surface area contributed by atoms with Crippen LogP contribution in [0, 0.1) is 0 Å². The van der Waals surface area contributed by atoms with Gasteiger partial charge in [0.2, 0.25) is 0 Å². The highest BCUT2D eigenvalue weighted by molar-refractivity contribution is 6.31. The van der Waals surface area contributed by atoms with E-state index in [4.69, 9.17) is 16.3 Å². The fourth-order valence-electron chi connectivity index (χ4n) is 4.51. The van der Waals surface area contributed by atoms with Crippen LogP contribution >= 0.6 is 11.6 Å². The first-order valence-electron chi connectivity index (χ1n) is 9.03. The third-order valence-electron chi connectivity index (χ3n) is 5.75. The van der Waals surface area contributed by atoms with Gasteiger partial charge in [-0.05, 0) is 47.9 Å². The SMILES string of the molecule is COc1ccc(CCn2c3c(c4cc(Cl)ccc42)C2CC3=CN2C)cc1. The lowest BCUT2D eigenvalue weighted by atomic mass is 10.1. The second-order valence-electron chi connectivity index (χ2n) is 7.21. The van der Waals surface area contributed by atoms with E-state index in [1.54, 1.807) is 7.11 Å². The molecule has 2 bridgehead atoms. The van der Waals surface area contributed by atoms with Crippen molar-refractivity contribution >= 4 is 28.1 Å². The molecule has 5 rings (SSSR count). The molecule has 0 saturated carbocycles. The second-order valence-corrected chi connectivity index (χ2v) is 7.65. The highest BCUT2D eigenvalue weighted by Crippen LogP contribution is 2.52. The molecule has 1 unspecified atom stereocenters. The Morgan fingerprint density at radius 3 is 2.73 bits per heavy atom. The Morgan fingerprint density at radius 2 is 1.96 bits per heavy atom. The largest absolute Gasteiger partial charge is 0.497 e. The van der Waals surface area contributed by atoms with Crippen molar-refractivity contribution in [1.29, 1.82) is 0 Å². The van der Waals surface area contributed by atoms with Gasteiger partial charge in [-0.25, -0.2) is 0 Å². The van der Waals surface area contributed by atoms with E-state index in [9.17, 15) is 0 Å².